The number of carbonyl (C=O) groups excluding carboxylic acids is 1. The van der Waals surface area contributed by atoms with Crippen LogP contribution < -0.4 is 4.74 Å². The predicted molar refractivity (Wildman–Crippen MR) is 107 cm³/mol. The second-order valence-electron chi connectivity index (χ2n) is 6.87. The van der Waals surface area contributed by atoms with Crippen LogP contribution in [0.3, 0.4) is 0 Å². The molecule has 1 aliphatic heterocycles. The zero-order valence-electron chi connectivity index (χ0n) is 16.2. The van der Waals surface area contributed by atoms with Gasteiger partial charge in [0.1, 0.15) is 5.75 Å². The van der Waals surface area contributed by atoms with E-state index in [1.165, 1.54) is 25.3 Å². The predicted octanol–water partition coefficient (Wildman–Crippen LogP) is 2.82. The minimum absolute atomic E-state index is 0.133. The molecule has 1 amide bonds. The number of nitrogens with zero attached hydrogens (tertiary/aromatic N) is 4. The summed E-state index contributed by atoms with van der Waals surface area (Å²) in [6, 6.07) is 13.7. The number of carbonyl (C=O) groups is 1. The smallest absolute Gasteiger partial charge is 0.270 e. The first kappa shape index (κ1) is 20.3. The monoisotopic (exact) mass is 394 g/mol. The number of non-ortho nitro benzene ring substituents is 1. The standard InChI is InChI=1S/C21H22N4O4/c1-29-20-8-7-18(25(27)28)13-19(20)21(26)24-10-2-9-23(11-12-24)15-17-5-3-16(14-22)4-6-17/h3-8,13H,2,9-12,15H2,1H3. The van der Waals surface area contributed by atoms with Crippen molar-refractivity contribution in [1.82, 2.24) is 9.80 Å². The lowest BCUT2D eigenvalue weighted by Crippen LogP contribution is -2.35. The van der Waals surface area contributed by atoms with E-state index in [2.05, 4.69) is 11.0 Å². The molecule has 0 atom stereocenters. The number of amides is 1. The van der Waals surface area contributed by atoms with Crippen LogP contribution >= 0.6 is 0 Å². The summed E-state index contributed by atoms with van der Waals surface area (Å²) in [5, 5.41) is 20.0. The van der Waals surface area contributed by atoms with Gasteiger partial charge in [0.2, 0.25) is 0 Å². The van der Waals surface area contributed by atoms with Gasteiger partial charge >= 0.3 is 0 Å². The van der Waals surface area contributed by atoms with E-state index in [9.17, 15) is 14.9 Å². The van der Waals surface area contributed by atoms with E-state index >= 15 is 0 Å². The number of nitriles is 1. The van der Waals surface area contributed by atoms with E-state index in [1.54, 1.807) is 17.0 Å². The highest BCUT2D eigenvalue weighted by atomic mass is 16.6. The van der Waals surface area contributed by atoms with Gasteiger partial charge in [0, 0.05) is 44.9 Å². The van der Waals surface area contributed by atoms with Crippen molar-refractivity contribution in [2.75, 3.05) is 33.3 Å². The maximum Gasteiger partial charge on any atom is 0.270 e. The molecule has 1 aliphatic rings. The van der Waals surface area contributed by atoms with Crippen molar-refractivity contribution < 1.29 is 14.5 Å². The van der Waals surface area contributed by atoms with Crippen molar-refractivity contribution in [1.29, 1.82) is 5.26 Å². The van der Waals surface area contributed by atoms with Gasteiger partial charge in [-0.25, -0.2) is 0 Å². The van der Waals surface area contributed by atoms with Crippen LogP contribution in [-0.2, 0) is 6.54 Å². The third-order valence-electron chi connectivity index (χ3n) is 4.99. The Hall–Kier alpha value is -3.44. The number of ether oxygens (including phenoxy) is 1. The SMILES string of the molecule is COc1ccc([N+](=O)[O-])cc1C(=O)N1CCCN(Cc2ccc(C#N)cc2)CC1. The van der Waals surface area contributed by atoms with E-state index in [0.29, 0.717) is 30.9 Å². The zero-order valence-corrected chi connectivity index (χ0v) is 16.2. The largest absolute Gasteiger partial charge is 0.496 e. The topological polar surface area (TPSA) is 99.7 Å². The number of methoxy groups -OCH3 is 1. The molecule has 3 rings (SSSR count). The van der Waals surface area contributed by atoms with Crippen LogP contribution in [0.2, 0.25) is 0 Å². The van der Waals surface area contributed by atoms with Crippen molar-refractivity contribution in [2.24, 2.45) is 0 Å². The minimum Gasteiger partial charge on any atom is -0.496 e. The third-order valence-corrected chi connectivity index (χ3v) is 4.99. The zero-order chi connectivity index (χ0) is 20.8. The fraction of sp³-hybridized carbons (Fsp3) is 0.333. The van der Waals surface area contributed by atoms with Gasteiger partial charge in [-0.1, -0.05) is 12.1 Å². The summed E-state index contributed by atoms with van der Waals surface area (Å²) in [6.45, 7) is 3.39. The summed E-state index contributed by atoms with van der Waals surface area (Å²) in [5.74, 6) is 0.0741. The first-order chi connectivity index (χ1) is 14.0. The first-order valence-electron chi connectivity index (χ1n) is 9.35. The Bertz CT molecular complexity index is 937. The van der Waals surface area contributed by atoms with Gasteiger partial charge in [-0.3, -0.25) is 19.8 Å². The van der Waals surface area contributed by atoms with Crippen LogP contribution in [-0.4, -0.2) is 53.9 Å². The van der Waals surface area contributed by atoms with Crippen molar-refractivity contribution in [3.05, 3.63) is 69.3 Å². The molecule has 0 unspecified atom stereocenters. The molecule has 0 spiro atoms. The van der Waals surface area contributed by atoms with Gasteiger partial charge in [0.25, 0.3) is 11.6 Å². The molecule has 29 heavy (non-hydrogen) atoms. The average molecular weight is 394 g/mol. The molecular weight excluding hydrogens is 372 g/mol. The lowest BCUT2D eigenvalue weighted by Gasteiger charge is -2.22. The molecule has 150 valence electrons. The molecule has 8 heteroatoms. The average Bonchev–Trinajstić information content (AvgIpc) is 2.98. The van der Waals surface area contributed by atoms with E-state index in [1.807, 2.05) is 12.1 Å². The molecule has 2 aromatic rings. The normalized spacial score (nSPS) is 14.7. The van der Waals surface area contributed by atoms with Gasteiger partial charge in [0.05, 0.1) is 29.2 Å². The van der Waals surface area contributed by atoms with Gasteiger partial charge in [-0.2, -0.15) is 5.26 Å². The molecule has 1 fully saturated rings. The second-order valence-corrected chi connectivity index (χ2v) is 6.87. The van der Waals surface area contributed by atoms with Crippen molar-refractivity contribution in [3.8, 4) is 11.8 Å². The number of nitro groups is 1. The van der Waals surface area contributed by atoms with Crippen LogP contribution in [0.1, 0.15) is 27.9 Å². The van der Waals surface area contributed by atoms with E-state index in [0.717, 1.165) is 25.1 Å². The highest BCUT2D eigenvalue weighted by Gasteiger charge is 2.24. The molecule has 0 saturated carbocycles. The number of nitro benzene ring substituents is 1. The molecule has 0 N–H and O–H groups in total. The Morgan fingerprint density at radius 3 is 2.59 bits per heavy atom. The number of hydrogen-bond acceptors (Lipinski definition) is 6. The Morgan fingerprint density at radius 2 is 1.93 bits per heavy atom. The fourth-order valence-electron chi connectivity index (χ4n) is 3.42. The lowest BCUT2D eigenvalue weighted by molar-refractivity contribution is -0.384. The summed E-state index contributed by atoms with van der Waals surface area (Å²) in [7, 11) is 1.44. The molecule has 0 aromatic heterocycles. The summed E-state index contributed by atoms with van der Waals surface area (Å²) in [6.07, 6.45) is 0.805. The highest BCUT2D eigenvalue weighted by Crippen LogP contribution is 2.26. The molecule has 1 heterocycles. The van der Waals surface area contributed by atoms with Gasteiger partial charge in [0.15, 0.2) is 0 Å². The molecule has 1 saturated heterocycles. The van der Waals surface area contributed by atoms with Crippen LogP contribution in [0, 0.1) is 21.4 Å². The van der Waals surface area contributed by atoms with Gasteiger partial charge in [-0.15, -0.1) is 0 Å². The summed E-state index contributed by atoms with van der Waals surface area (Å²) in [5.41, 5.74) is 1.82. The molecule has 0 bridgehead atoms. The van der Waals surface area contributed by atoms with Crippen molar-refractivity contribution in [3.63, 3.8) is 0 Å². The Labute approximate surface area is 169 Å². The first-order valence-corrected chi connectivity index (χ1v) is 9.35. The highest BCUT2D eigenvalue weighted by molar-refractivity contribution is 5.97. The number of rotatable bonds is 5. The summed E-state index contributed by atoms with van der Waals surface area (Å²) < 4.78 is 5.24. The maximum atomic E-state index is 13.0. The second kappa shape index (κ2) is 9.17. The molecule has 0 aliphatic carbocycles. The number of hydrogen-bond donors (Lipinski definition) is 0. The van der Waals surface area contributed by atoms with Crippen LogP contribution in [0.25, 0.3) is 0 Å². The van der Waals surface area contributed by atoms with Crippen LogP contribution in [0.5, 0.6) is 5.75 Å². The van der Waals surface area contributed by atoms with Gasteiger partial charge < -0.3 is 9.64 Å². The molecule has 0 radical (unpaired) electrons. The molecule has 2 aromatic carbocycles. The Balaban J connectivity index is 1.68. The van der Waals surface area contributed by atoms with E-state index in [-0.39, 0.29) is 17.2 Å². The quantitative estimate of drug-likeness (QED) is 0.571. The van der Waals surface area contributed by atoms with Crippen LogP contribution in [0.15, 0.2) is 42.5 Å². The summed E-state index contributed by atoms with van der Waals surface area (Å²) >= 11 is 0. The number of benzene rings is 2. The Morgan fingerprint density at radius 1 is 1.17 bits per heavy atom. The Kier molecular flexibility index (Phi) is 6.42. The summed E-state index contributed by atoms with van der Waals surface area (Å²) in [4.78, 5) is 27.6. The molecular formula is C21H22N4O4. The maximum absolute atomic E-state index is 13.0. The van der Waals surface area contributed by atoms with Crippen LogP contribution in [0.4, 0.5) is 5.69 Å². The van der Waals surface area contributed by atoms with Crippen molar-refractivity contribution >= 4 is 11.6 Å². The van der Waals surface area contributed by atoms with Crippen molar-refractivity contribution in [2.45, 2.75) is 13.0 Å². The van der Waals surface area contributed by atoms with E-state index < -0.39 is 4.92 Å². The minimum atomic E-state index is -0.516. The van der Waals surface area contributed by atoms with E-state index in [4.69, 9.17) is 10.00 Å². The fourth-order valence-corrected chi connectivity index (χ4v) is 3.42. The lowest BCUT2D eigenvalue weighted by atomic mass is 10.1. The van der Waals surface area contributed by atoms with Gasteiger partial charge in [-0.05, 0) is 30.2 Å². The third kappa shape index (κ3) is 4.89. The molecule has 8 nitrogen and oxygen atoms in total.